The second kappa shape index (κ2) is 7.11. The Labute approximate surface area is 131 Å². The second-order valence-corrected chi connectivity index (χ2v) is 5.80. The molecule has 122 valence electrons. The smallest absolute Gasteiger partial charge is 0.314 e. The molecular weight excluding hydrogens is 284 g/mol. The molecule has 1 aliphatic rings. The average Bonchev–Trinajstić information content (AvgIpc) is 2.92. The van der Waals surface area contributed by atoms with Crippen LogP contribution in [0.4, 0.5) is 0 Å². The molecule has 1 saturated heterocycles. The highest BCUT2D eigenvalue weighted by atomic mass is 16.7. The SMILES string of the molecule is COC(=O)C(Cc1ccc(OC(C)C)cc1)C1(C)OCCO1. The quantitative estimate of drug-likeness (QED) is 0.756. The van der Waals surface area contributed by atoms with Crippen molar-refractivity contribution in [2.24, 2.45) is 5.92 Å². The molecule has 0 bridgehead atoms. The summed E-state index contributed by atoms with van der Waals surface area (Å²) in [4.78, 5) is 12.1. The first-order valence-corrected chi connectivity index (χ1v) is 7.56. The van der Waals surface area contributed by atoms with Gasteiger partial charge >= 0.3 is 5.97 Å². The van der Waals surface area contributed by atoms with Crippen LogP contribution in [0, 0.1) is 5.92 Å². The van der Waals surface area contributed by atoms with Gasteiger partial charge in [-0.1, -0.05) is 12.1 Å². The van der Waals surface area contributed by atoms with Crippen LogP contribution in [0.3, 0.4) is 0 Å². The topological polar surface area (TPSA) is 54.0 Å². The van der Waals surface area contributed by atoms with Crippen LogP contribution in [-0.4, -0.2) is 38.2 Å². The summed E-state index contributed by atoms with van der Waals surface area (Å²) < 4.78 is 21.8. The fourth-order valence-electron chi connectivity index (χ4n) is 2.57. The molecule has 1 unspecified atom stereocenters. The van der Waals surface area contributed by atoms with E-state index >= 15 is 0 Å². The van der Waals surface area contributed by atoms with E-state index in [0.29, 0.717) is 19.6 Å². The maximum atomic E-state index is 12.1. The molecule has 1 heterocycles. The fourth-order valence-corrected chi connectivity index (χ4v) is 2.57. The van der Waals surface area contributed by atoms with E-state index in [-0.39, 0.29) is 12.1 Å². The molecule has 0 amide bonds. The van der Waals surface area contributed by atoms with Crippen molar-refractivity contribution in [3.63, 3.8) is 0 Å². The van der Waals surface area contributed by atoms with Crippen molar-refractivity contribution in [1.29, 1.82) is 0 Å². The number of rotatable bonds is 6. The molecule has 1 atom stereocenters. The van der Waals surface area contributed by atoms with Gasteiger partial charge in [0.25, 0.3) is 0 Å². The minimum absolute atomic E-state index is 0.132. The Bertz CT molecular complexity index is 488. The summed E-state index contributed by atoms with van der Waals surface area (Å²) in [6.45, 7) is 6.74. The molecular formula is C17H24O5. The van der Waals surface area contributed by atoms with Crippen molar-refractivity contribution in [1.82, 2.24) is 0 Å². The van der Waals surface area contributed by atoms with Gasteiger partial charge in [0, 0.05) is 0 Å². The summed E-state index contributed by atoms with van der Waals surface area (Å²) in [5.41, 5.74) is 1.01. The van der Waals surface area contributed by atoms with Gasteiger partial charge < -0.3 is 18.9 Å². The predicted octanol–water partition coefficient (Wildman–Crippen LogP) is 2.57. The minimum atomic E-state index is -0.930. The molecule has 5 heteroatoms. The lowest BCUT2D eigenvalue weighted by molar-refractivity contribution is -0.198. The van der Waals surface area contributed by atoms with Crippen LogP contribution in [0.15, 0.2) is 24.3 Å². The van der Waals surface area contributed by atoms with E-state index in [4.69, 9.17) is 18.9 Å². The highest BCUT2D eigenvalue weighted by Gasteiger charge is 2.44. The maximum absolute atomic E-state index is 12.1. The number of carbonyl (C=O) groups is 1. The summed E-state index contributed by atoms with van der Waals surface area (Å²) >= 11 is 0. The summed E-state index contributed by atoms with van der Waals surface area (Å²) in [5.74, 6) is -0.947. The van der Waals surface area contributed by atoms with E-state index in [9.17, 15) is 4.79 Å². The third kappa shape index (κ3) is 3.99. The van der Waals surface area contributed by atoms with Crippen molar-refractivity contribution >= 4 is 5.97 Å². The Balaban J connectivity index is 2.11. The van der Waals surface area contributed by atoms with Crippen molar-refractivity contribution in [3.8, 4) is 5.75 Å². The van der Waals surface area contributed by atoms with Gasteiger partial charge in [0.2, 0.25) is 0 Å². The highest BCUT2D eigenvalue weighted by molar-refractivity contribution is 5.74. The van der Waals surface area contributed by atoms with Gasteiger partial charge in [0.15, 0.2) is 5.79 Å². The molecule has 2 rings (SSSR count). The zero-order chi connectivity index (χ0) is 16.2. The lowest BCUT2D eigenvalue weighted by Gasteiger charge is -2.30. The number of esters is 1. The van der Waals surface area contributed by atoms with E-state index in [1.807, 2.05) is 38.1 Å². The molecule has 1 aromatic carbocycles. The van der Waals surface area contributed by atoms with Crippen LogP contribution in [0.2, 0.25) is 0 Å². The average molecular weight is 308 g/mol. The van der Waals surface area contributed by atoms with E-state index in [0.717, 1.165) is 11.3 Å². The summed E-state index contributed by atoms with van der Waals surface area (Å²) in [6.07, 6.45) is 0.623. The number of benzene rings is 1. The number of methoxy groups -OCH3 is 1. The first-order valence-electron chi connectivity index (χ1n) is 7.56. The summed E-state index contributed by atoms with van der Waals surface area (Å²) in [6, 6.07) is 7.71. The van der Waals surface area contributed by atoms with Gasteiger partial charge in [-0.15, -0.1) is 0 Å². The third-order valence-electron chi connectivity index (χ3n) is 3.71. The molecule has 1 fully saturated rings. The van der Waals surface area contributed by atoms with Crippen LogP contribution in [0.25, 0.3) is 0 Å². The monoisotopic (exact) mass is 308 g/mol. The first kappa shape index (κ1) is 16.8. The van der Waals surface area contributed by atoms with Crippen molar-refractivity contribution in [2.75, 3.05) is 20.3 Å². The second-order valence-electron chi connectivity index (χ2n) is 5.80. The van der Waals surface area contributed by atoms with Crippen LogP contribution in [-0.2, 0) is 25.4 Å². The van der Waals surface area contributed by atoms with E-state index in [2.05, 4.69) is 0 Å². The zero-order valence-corrected chi connectivity index (χ0v) is 13.6. The Morgan fingerprint density at radius 1 is 1.23 bits per heavy atom. The molecule has 0 spiro atoms. The summed E-state index contributed by atoms with van der Waals surface area (Å²) in [7, 11) is 1.38. The zero-order valence-electron chi connectivity index (χ0n) is 13.6. The number of ether oxygens (including phenoxy) is 4. The largest absolute Gasteiger partial charge is 0.491 e. The predicted molar refractivity (Wildman–Crippen MR) is 81.7 cm³/mol. The maximum Gasteiger partial charge on any atom is 0.314 e. The Hall–Kier alpha value is -1.59. The molecule has 0 N–H and O–H groups in total. The Morgan fingerprint density at radius 3 is 2.32 bits per heavy atom. The summed E-state index contributed by atoms with van der Waals surface area (Å²) in [5, 5.41) is 0. The van der Waals surface area contributed by atoms with E-state index in [1.54, 1.807) is 6.92 Å². The Kier molecular flexibility index (Phi) is 5.42. The molecule has 0 aliphatic carbocycles. The van der Waals surface area contributed by atoms with Crippen molar-refractivity contribution in [2.45, 2.75) is 39.1 Å². The van der Waals surface area contributed by atoms with E-state index < -0.39 is 11.7 Å². The van der Waals surface area contributed by atoms with Gasteiger partial charge in [-0.25, -0.2) is 0 Å². The van der Waals surface area contributed by atoms with Gasteiger partial charge in [0.05, 0.1) is 26.4 Å². The number of hydrogen-bond donors (Lipinski definition) is 0. The molecule has 0 radical (unpaired) electrons. The number of hydrogen-bond acceptors (Lipinski definition) is 5. The standard InChI is InChI=1S/C17H24O5/c1-12(2)22-14-7-5-13(6-8-14)11-15(16(18)19-4)17(3)20-9-10-21-17/h5-8,12,15H,9-11H2,1-4H3. The molecule has 5 nitrogen and oxygen atoms in total. The first-order chi connectivity index (χ1) is 10.4. The Morgan fingerprint density at radius 2 is 1.82 bits per heavy atom. The van der Waals surface area contributed by atoms with Gasteiger partial charge in [-0.3, -0.25) is 4.79 Å². The molecule has 22 heavy (non-hydrogen) atoms. The highest BCUT2D eigenvalue weighted by Crippen LogP contribution is 2.31. The molecule has 1 aromatic rings. The van der Waals surface area contributed by atoms with Crippen molar-refractivity contribution < 1.29 is 23.7 Å². The molecule has 0 saturated carbocycles. The molecule has 1 aliphatic heterocycles. The third-order valence-corrected chi connectivity index (χ3v) is 3.71. The van der Waals surface area contributed by atoms with Gasteiger partial charge in [-0.05, 0) is 44.9 Å². The van der Waals surface area contributed by atoms with Crippen LogP contribution in [0.5, 0.6) is 5.75 Å². The van der Waals surface area contributed by atoms with Crippen LogP contribution < -0.4 is 4.74 Å². The minimum Gasteiger partial charge on any atom is -0.491 e. The van der Waals surface area contributed by atoms with Gasteiger partial charge in [-0.2, -0.15) is 0 Å². The normalized spacial score (nSPS) is 18.2. The van der Waals surface area contributed by atoms with Gasteiger partial charge in [0.1, 0.15) is 11.7 Å². The van der Waals surface area contributed by atoms with Crippen molar-refractivity contribution in [3.05, 3.63) is 29.8 Å². The van der Waals surface area contributed by atoms with Crippen LogP contribution >= 0.6 is 0 Å². The lowest BCUT2D eigenvalue weighted by atomic mass is 9.92. The van der Waals surface area contributed by atoms with E-state index in [1.165, 1.54) is 7.11 Å². The lowest BCUT2D eigenvalue weighted by Crippen LogP contribution is -2.42. The fraction of sp³-hybridized carbons (Fsp3) is 0.588. The van der Waals surface area contributed by atoms with Crippen LogP contribution in [0.1, 0.15) is 26.3 Å². The molecule has 0 aromatic heterocycles. The number of carbonyl (C=O) groups excluding carboxylic acids is 1.